The van der Waals surface area contributed by atoms with Gasteiger partial charge in [0.1, 0.15) is 17.2 Å². The second-order valence-corrected chi connectivity index (χ2v) is 4.73. The summed E-state index contributed by atoms with van der Waals surface area (Å²) < 4.78 is 11.3. The second kappa shape index (κ2) is 5.67. The van der Waals surface area contributed by atoms with Gasteiger partial charge >= 0.3 is 0 Å². The van der Waals surface area contributed by atoms with Crippen molar-refractivity contribution in [3.63, 3.8) is 0 Å². The monoisotopic (exact) mass is 266 g/mol. The number of aliphatic hydroxyl groups is 1. The Morgan fingerprint density at radius 1 is 1.44 bits per heavy atom. The van der Waals surface area contributed by atoms with Crippen LogP contribution in [0.5, 0.6) is 0 Å². The lowest BCUT2D eigenvalue weighted by molar-refractivity contribution is -0.253. The molecule has 96 valence electrons. The maximum atomic E-state index is 10.1. The molecule has 0 aromatic rings. The molecule has 18 heavy (non-hydrogen) atoms. The average molecular weight is 267 g/mol. The lowest BCUT2D eigenvalue weighted by atomic mass is 10.00. The summed E-state index contributed by atoms with van der Waals surface area (Å²) in [5.74, 6) is 10.1. The molecule has 0 amide bonds. The van der Waals surface area contributed by atoms with Gasteiger partial charge in [-0.25, -0.2) is 0 Å². The van der Waals surface area contributed by atoms with Gasteiger partial charge < -0.3 is 14.6 Å². The quantitative estimate of drug-likeness (QED) is 0.537. The van der Waals surface area contributed by atoms with E-state index in [2.05, 4.69) is 23.7 Å². The molecule has 2 aliphatic rings. The summed E-state index contributed by atoms with van der Waals surface area (Å²) in [7, 11) is 0. The van der Waals surface area contributed by atoms with Crippen LogP contribution in [0.1, 0.15) is 26.2 Å². The second-order valence-electron chi connectivity index (χ2n) is 4.26. The number of hydrogen-bond donors (Lipinski definition) is 1. The Morgan fingerprint density at radius 3 is 2.94 bits per heavy atom. The van der Waals surface area contributed by atoms with Gasteiger partial charge in [-0.05, 0) is 31.6 Å². The van der Waals surface area contributed by atoms with Crippen LogP contribution in [0.25, 0.3) is 0 Å². The molecule has 0 aromatic carbocycles. The molecule has 0 unspecified atom stereocenters. The standard InChI is InChI=1S/C14H15ClO3/c1-2-3-4-5-8-11-12(15)13(16)14(18-11)9-6-7-10-17-14/h8,12-13,16H,6-7,9-10H2,1H3/b11-8+/t12-,13+,14-/m1/s1. The van der Waals surface area contributed by atoms with E-state index in [1.54, 1.807) is 13.0 Å². The van der Waals surface area contributed by atoms with Crippen LogP contribution >= 0.6 is 11.6 Å². The summed E-state index contributed by atoms with van der Waals surface area (Å²) in [6.45, 7) is 2.30. The van der Waals surface area contributed by atoms with Crippen LogP contribution in [0.2, 0.25) is 0 Å². The van der Waals surface area contributed by atoms with Crippen LogP contribution in [0.3, 0.4) is 0 Å². The highest BCUT2D eigenvalue weighted by Gasteiger charge is 2.54. The van der Waals surface area contributed by atoms with E-state index in [1.807, 2.05) is 0 Å². The van der Waals surface area contributed by atoms with Crippen molar-refractivity contribution >= 4 is 11.6 Å². The summed E-state index contributed by atoms with van der Waals surface area (Å²) in [5.41, 5.74) is 0. The van der Waals surface area contributed by atoms with Crippen molar-refractivity contribution in [3.05, 3.63) is 11.8 Å². The zero-order chi connectivity index (χ0) is 13.0. The summed E-state index contributed by atoms with van der Waals surface area (Å²) in [6, 6.07) is 0. The highest BCUT2D eigenvalue weighted by Crippen LogP contribution is 2.42. The maximum absolute atomic E-state index is 10.1. The topological polar surface area (TPSA) is 38.7 Å². The number of allylic oxidation sites excluding steroid dienone is 1. The molecule has 2 aliphatic heterocycles. The molecule has 2 heterocycles. The molecule has 0 radical (unpaired) electrons. The minimum absolute atomic E-state index is 0.455. The molecule has 4 heteroatoms. The third-order valence-electron chi connectivity index (χ3n) is 3.03. The van der Waals surface area contributed by atoms with Gasteiger partial charge in [-0.1, -0.05) is 11.8 Å². The molecular formula is C14H15ClO3. The summed E-state index contributed by atoms with van der Waals surface area (Å²) >= 11 is 6.14. The largest absolute Gasteiger partial charge is 0.461 e. The van der Waals surface area contributed by atoms with Crippen molar-refractivity contribution in [1.29, 1.82) is 0 Å². The predicted octanol–water partition coefficient (Wildman–Crippen LogP) is 1.79. The Labute approximate surface area is 112 Å². The molecule has 0 aliphatic carbocycles. The smallest absolute Gasteiger partial charge is 0.238 e. The van der Waals surface area contributed by atoms with E-state index < -0.39 is 17.3 Å². The van der Waals surface area contributed by atoms with Crippen molar-refractivity contribution in [2.75, 3.05) is 6.61 Å². The van der Waals surface area contributed by atoms with Crippen molar-refractivity contribution in [3.8, 4) is 23.7 Å². The van der Waals surface area contributed by atoms with Crippen LogP contribution in [0.15, 0.2) is 11.8 Å². The Morgan fingerprint density at radius 2 is 2.28 bits per heavy atom. The molecule has 1 N–H and O–H groups in total. The van der Waals surface area contributed by atoms with Gasteiger partial charge in [-0.15, -0.1) is 11.6 Å². The Hall–Kier alpha value is -1.13. The molecule has 0 saturated carbocycles. The molecule has 2 fully saturated rings. The fraction of sp³-hybridized carbons (Fsp3) is 0.571. The first-order chi connectivity index (χ1) is 8.69. The van der Waals surface area contributed by atoms with Crippen LogP contribution < -0.4 is 0 Å². The van der Waals surface area contributed by atoms with Crippen molar-refractivity contribution in [2.45, 2.75) is 43.5 Å². The van der Waals surface area contributed by atoms with Gasteiger partial charge in [-0.2, -0.15) is 0 Å². The van der Waals surface area contributed by atoms with Gasteiger partial charge in [0.15, 0.2) is 0 Å². The van der Waals surface area contributed by atoms with Crippen molar-refractivity contribution in [1.82, 2.24) is 0 Å². The van der Waals surface area contributed by atoms with E-state index >= 15 is 0 Å². The first kappa shape index (κ1) is 13.3. The number of hydrogen-bond acceptors (Lipinski definition) is 3. The van der Waals surface area contributed by atoms with E-state index in [0.717, 1.165) is 12.8 Å². The summed E-state index contributed by atoms with van der Waals surface area (Å²) in [6.07, 6.45) is 3.29. The Bertz CT molecular complexity index is 455. The first-order valence-electron chi connectivity index (χ1n) is 5.97. The van der Waals surface area contributed by atoms with Gasteiger partial charge in [0, 0.05) is 12.5 Å². The van der Waals surface area contributed by atoms with Gasteiger partial charge in [-0.3, -0.25) is 0 Å². The summed E-state index contributed by atoms with van der Waals surface area (Å²) in [4.78, 5) is 0. The number of rotatable bonds is 0. The maximum Gasteiger partial charge on any atom is 0.238 e. The molecule has 0 aromatic heterocycles. The molecular weight excluding hydrogens is 252 g/mol. The number of aliphatic hydroxyl groups excluding tert-OH is 1. The molecule has 3 atom stereocenters. The molecule has 1 spiro atoms. The van der Waals surface area contributed by atoms with Crippen LogP contribution in [-0.2, 0) is 9.47 Å². The highest BCUT2D eigenvalue weighted by molar-refractivity contribution is 6.23. The SMILES string of the molecule is CC#CC#C/C=C1/O[C@]2(CCCCO2)[C@@H](O)[C@@H]1Cl. The third-order valence-corrected chi connectivity index (χ3v) is 3.48. The minimum Gasteiger partial charge on any atom is -0.461 e. The van der Waals surface area contributed by atoms with Gasteiger partial charge in [0.2, 0.25) is 5.79 Å². The van der Waals surface area contributed by atoms with Crippen molar-refractivity contribution < 1.29 is 14.6 Å². The number of alkyl halides is 1. The molecule has 2 rings (SSSR count). The van der Waals surface area contributed by atoms with Crippen LogP contribution in [0.4, 0.5) is 0 Å². The third kappa shape index (κ3) is 2.49. The van der Waals surface area contributed by atoms with Crippen LogP contribution in [0, 0.1) is 23.7 Å². The number of halogens is 1. The molecule has 3 nitrogen and oxygen atoms in total. The fourth-order valence-corrected chi connectivity index (χ4v) is 2.41. The summed E-state index contributed by atoms with van der Waals surface area (Å²) in [5, 5.41) is 9.53. The van der Waals surface area contributed by atoms with Crippen LogP contribution in [-0.4, -0.2) is 29.0 Å². The van der Waals surface area contributed by atoms with Gasteiger partial charge in [0.05, 0.1) is 6.61 Å². The lowest BCUT2D eigenvalue weighted by Gasteiger charge is -2.34. The van der Waals surface area contributed by atoms with E-state index in [9.17, 15) is 5.11 Å². The number of ether oxygens (including phenoxy) is 2. The van der Waals surface area contributed by atoms with Crippen molar-refractivity contribution in [2.24, 2.45) is 0 Å². The molecule has 0 bridgehead atoms. The lowest BCUT2D eigenvalue weighted by Crippen LogP contribution is -2.46. The zero-order valence-electron chi connectivity index (χ0n) is 10.2. The normalized spacial score (nSPS) is 36.5. The van der Waals surface area contributed by atoms with E-state index in [-0.39, 0.29) is 0 Å². The predicted molar refractivity (Wildman–Crippen MR) is 68.6 cm³/mol. The highest BCUT2D eigenvalue weighted by atomic mass is 35.5. The fourth-order valence-electron chi connectivity index (χ4n) is 2.11. The van der Waals surface area contributed by atoms with Gasteiger partial charge in [0.25, 0.3) is 0 Å². The van der Waals surface area contributed by atoms with E-state index in [4.69, 9.17) is 21.1 Å². The average Bonchev–Trinajstić information content (AvgIpc) is 2.61. The van der Waals surface area contributed by atoms with E-state index in [0.29, 0.717) is 18.8 Å². The minimum atomic E-state index is -0.978. The molecule has 2 saturated heterocycles. The van der Waals surface area contributed by atoms with E-state index in [1.165, 1.54) is 0 Å². The zero-order valence-corrected chi connectivity index (χ0v) is 11.0. The Balaban J connectivity index is 2.16. The Kier molecular flexibility index (Phi) is 4.19. The first-order valence-corrected chi connectivity index (χ1v) is 6.41.